The number of phenols is 1. The molecule has 4 aromatic rings. The third-order valence-electron chi connectivity index (χ3n) is 5.28. The number of hydrogen-bond acceptors (Lipinski definition) is 6. The van der Waals surface area contributed by atoms with Gasteiger partial charge in [-0.2, -0.15) is 0 Å². The van der Waals surface area contributed by atoms with Gasteiger partial charge in [0.25, 0.3) is 0 Å². The molecule has 0 amide bonds. The Hall–Kier alpha value is -3.80. The Morgan fingerprint density at radius 1 is 0.966 bits per heavy atom. The van der Waals surface area contributed by atoms with E-state index in [2.05, 4.69) is 32.9 Å². The number of anilines is 3. The first kappa shape index (κ1) is 17.3. The summed E-state index contributed by atoms with van der Waals surface area (Å²) in [5, 5.41) is 10.9. The lowest BCUT2D eigenvalue weighted by molar-refractivity contribution is 0.398. The zero-order valence-electron chi connectivity index (χ0n) is 16.2. The summed E-state index contributed by atoms with van der Waals surface area (Å²) < 4.78 is 5.20. The van der Waals surface area contributed by atoms with E-state index in [0.29, 0.717) is 12.5 Å². The lowest BCUT2D eigenvalue weighted by atomic mass is 10.0. The van der Waals surface area contributed by atoms with Gasteiger partial charge >= 0.3 is 0 Å². The van der Waals surface area contributed by atoms with Crippen molar-refractivity contribution in [3.8, 4) is 22.8 Å². The highest BCUT2D eigenvalue weighted by Crippen LogP contribution is 2.44. The van der Waals surface area contributed by atoms with Gasteiger partial charge in [-0.25, -0.2) is 4.98 Å². The number of nitrogens with zero attached hydrogens (tertiary/aromatic N) is 4. The maximum atomic E-state index is 9.87. The summed E-state index contributed by atoms with van der Waals surface area (Å²) >= 11 is 0. The molecule has 0 saturated heterocycles. The molecule has 5 rings (SSSR count). The first-order valence-electron chi connectivity index (χ1n) is 9.35. The van der Waals surface area contributed by atoms with Gasteiger partial charge in [0.15, 0.2) is 0 Å². The predicted octanol–water partition coefficient (Wildman–Crippen LogP) is 4.56. The first-order chi connectivity index (χ1) is 14.1. The monoisotopic (exact) mass is 384 g/mol. The average molecular weight is 384 g/mol. The van der Waals surface area contributed by atoms with Crippen LogP contribution in [0.1, 0.15) is 0 Å². The summed E-state index contributed by atoms with van der Waals surface area (Å²) in [6.07, 6.45) is 3.75. The summed E-state index contributed by atoms with van der Waals surface area (Å²) in [6, 6.07) is 17.4. The predicted molar refractivity (Wildman–Crippen MR) is 115 cm³/mol. The Labute approximate surface area is 168 Å². The molecule has 29 heavy (non-hydrogen) atoms. The van der Waals surface area contributed by atoms with E-state index < -0.39 is 0 Å². The molecule has 0 radical (unpaired) electrons. The molecule has 0 bridgehead atoms. The third-order valence-corrected chi connectivity index (χ3v) is 5.28. The average Bonchev–Trinajstić information content (AvgIpc) is 3.10. The topological polar surface area (TPSA) is 61.7 Å². The summed E-state index contributed by atoms with van der Waals surface area (Å²) in [4.78, 5) is 13.4. The molecular weight excluding hydrogens is 364 g/mol. The van der Waals surface area contributed by atoms with Gasteiger partial charge in [0.2, 0.25) is 5.88 Å². The van der Waals surface area contributed by atoms with Gasteiger partial charge in [-0.3, -0.25) is 4.98 Å². The molecule has 1 N–H and O–H groups in total. The maximum absolute atomic E-state index is 9.87. The van der Waals surface area contributed by atoms with Crippen molar-refractivity contribution in [3.63, 3.8) is 0 Å². The van der Waals surface area contributed by atoms with Crippen LogP contribution in [0.3, 0.4) is 0 Å². The van der Waals surface area contributed by atoms with Crippen LogP contribution in [-0.2, 0) is 0 Å². The summed E-state index contributed by atoms with van der Waals surface area (Å²) in [6.45, 7) is 0.709. The second-order valence-electron chi connectivity index (χ2n) is 7.10. The van der Waals surface area contributed by atoms with E-state index in [0.717, 1.165) is 39.1 Å². The molecule has 0 fully saturated rings. The highest BCUT2D eigenvalue weighted by atomic mass is 16.5. The van der Waals surface area contributed by atoms with Crippen molar-refractivity contribution in [2.45, 2.75) is 0 Å². The standard InChI is InChI=1S/C23H20N4O2/c1-26-14-27(17-7-9-22(29-2)25-12-17)23-19-11-16(15-4-3-5-18(28)10-15)6-8-20(19)24-13-21(23)26/h3-13,28H,14H2,1-2H3. The van der Waals surface area contributed by atoms with Gasteiger partial charge in [-0.1, -0.05) is 18.2 Å². The normalized spacial score (nSPS) is 13.0. The minimum Gasteiger partial charge on any atom is -0.508 e. The quantitative estimate of drug-likeness (QED) is 0.559. The summed E-state index contributed by atoms with van der Waals surface area (Å²) in [7, 11) is 3.67. The lowest BCUT2D eigenvalue weighted by Crippen LogP contribution is -2.24. The Morgan fingerprint density at radius 2 is 1.83 bits per heavy atom. The van der Waals surface area contributed by atoms with Crippen molar-refractivity contribution in [1.82, 2.24) is 9.97 Å². The van der Waals surface area contributed by atoms with Crippen molar-refractivity contribution in [1.29, 1.82) is 0 Å². The Bertz CT molecular complexity index is 1210. The van der Waals surface area contributed by atoms with Crippen molar-refractivity contribution in [2.75, 3.05) is 30.6 Å². The van der Waals surface area contributed by atoms with E-state index in [1.54, 1.807) is 19.2 Å². The molecule has 0 saturated carbocycles. The number of aromatic hydroxyl groups is 1. The Kier molecular flexibility index (Phi) is 3.98. The molecular formula is C23H20N4O2. The molecule has 1 aliphatic rings. The zero-order valence-corrected chi connectivity index (χ0v) is 16.2. The van der Waals surface area contributed by atoms with Gasteiger partial charge in [-0.15, -0.1) is 0 Å². The van der Waals surface area contributed by atoms with Crippen LogP contribution in [0.2, 0.25) is 0 Å². The number of pyridine rings is 2. The highest BCUT2D eigenvalue weighted by Gasteiger charge is 2.27. The van der Waals surface area contributed by atoms with Gasteiger partial charge in [-0.05, 0) is 41.5 Å². The van der Waals surface area contributed by atoms with Crippen molar-refractivity contribution in [2.24, 2.45) is 0 Å². The van der Waals surface area contributed by atoms with Gasteiger partial charge < -0.3 is 19.6 Å². The van der Waals surface area contributed by atoms with Crippen molar-refractivity contribution < 1.29 is 9.84 Å². The fourth-order valence-electron chi connectivity index (χ4n) is 3.82. The van der Waals surface area contributed by atoms with E-state index in [9.17, 15) is 5.11 Å². The van der Waals surface area contributed by atoms with Crippen LogP contribution in [-0.4, -0.2) is 35.9 Å². The molecule has 2 aromatic heterocycles. The molecule has 6 heteroatoms. The third kappa shape index (κ3) is 2.89. The molecule has 0 atom stereocenters. The smallest absolute Gasteiger partial charge is 0.213 e. The molecule has 6 nitrogen and oxygen atoms in total. The minimum absolute atomic E-state index is 0.254. The van der Waals surface area contributed by atoms with E-state index in [-0.39, 0.29) is 5.75 Å². The number of phenolic OH excluding ortho intramolecular Hbond substituents is 1. The van der Waals surface area contributed by atoms with Crippen molar-refractivity contribution in [3.05, 3.63) is 67.0 Å². The second kappa shape index (κ2) is 6.67. The molecule has 144 valence electrons. The van der Waals surface area contributed by atoms with Crippen LogP contribution in [0.4, 0.5) is 17.1 Å². The van der Waals surface area contributed by atoms with E-state index in [1.807, 2.05) is 48.8 Å². The van der Waals surface area contributed by atoms with Gasteiger partial charge in [0.05, 0.1) is 48.8 Å². The van der Waals surface area contributed by atoms with Gasteiger partial charge in [0, 0.05) is 18.5 Å². The maximum Gasteiger partial charge on any atom is 0.213 e. The van der Waals surface area contributed by atoms with E-state index in [4.69, 9.17) is 4.74 Å². The second-order valence-corrected chi connectivity index (χ2v) is 7.10. The molecule has 0 aliphatic carbocycles. The van der Waals surface area contributed by atoms with Crippen LogP contribution >= 0.6 is 0 Å². The lowest BCUT2D eigenvalue weighted by Gasteiger charge is -2.20. The Balaban J connectivity index is 1.69. The van der Waals surface area contributed by atoms with Crippen LogP contribution in [0.5, 0.6) is 11.6 Å². The van der Waals surface area contributed by atoms with Crippen LogP contribution in [0, 0.1) is 0 Å². The van der Waals surface area contributed by atoms with E-state index >= 15 is 0 Å². The Morgan fingerprint density at radius 3 is 2.59 bits per heavy atom. The summed E-state index contributed by atoms with van der Waals surface area (Å²) in [5.41, 5.74) is 6.09. The highest BCUT2D eigenvalue weighted by molar-refractivity contribution is 6.04. The SMILES string of the molecule is COc1ccc(N2CN(C)c3cnc4ccc(-c5cccc(O)c5)cc4c32)cn1. The largest absolute Gasteiger partial charge is 0.508 e. The first-order valence-corrected chi connectivity index (χ1v) is 9.35. The number of ether oxygens (including phenoxy) is 1. The van der Waals surface area contributed by atoms with E-state index in [1.165, 1.54) is 0 Å². The number of rotatable bonds is 3. The van der Waals surface area contributed by atoms with Crippen LogP contribution in [0.15, 0.2) is 67.0 Å². The number of hydrogen-bond donors (Lipinski definition) is 1. The van der Waals surface area contributed by atoms with Gasteiger partial charge in [0.1, 0.15) is 5.75 Å². The zero-order chi connectivity index (χ0) is 20.0. The molecule has 0 spiro atoms. The summed E-state index contributed by atoms with van der Waals surface area (Å²) in [5.74, 6) is 0.844. The number of benzene rings is 2. The molecule has 1 aliphatic heterocycles. The number of aromatic nitrogens is 2. The molecule has 2 aromatic carbocycles. The fourth-order valence-corrected chi connectivity index (χ4v) is 3.82. The number of methoxy groups -OCH3 is 1. The fraction of sp³-hybridized carbons (Fsp3) is 0.130. The molecule has 0 unspecified atom stereocenters. The molecule has 3 heterocycles. The van der Waals surface area contributed by atoms with Crippen molar-refractivity contribution >= 4 is 28.0 Å². The minimum atomic E-state index is 0.254. The van der Waals surface area contributed by atoms with Crippen LogP contribution < -0.4 is 14.5 Å². The van der Waals surface area contributed by atoms with Crippen LogP contribution in [0.25, 0.3) is 22.0 Å². The number of fused-ring (bicyclic) bond motifs is 3.